The second-order valence-corrected chi connectivity index (χ2v) is 5.64. The smallest absolute Gasteiger partial charge is 0.315 e. The fraction of sp³-hybridized carbons (Fsp3) is 0.278. The number of amides is 2. The van der Waals surface area contributed by atoms with Crippen molar-refractivity contribution in [3.8, 4) is 0 Å². The van der Waals surface area contributed by atoms with Crippen molar-refractivity contribution in [2.75, 3.05) is 13.7 Å². The Morgan fingerprint density at radius 1 is 1.12 bits per heavy atom. The van der Waals surface area contributed by atoms with Crippen molar-refractivity contribution in [3.63, 3.8) is 0 Å². The summed E-state index contributed by atoms with van der Waals surface area (Å²) in [4.78, 5) is 12.0. The molecule has 0 spiro atoms. The summed E-state index contributed by atoms with van der Waals surface area (Å²) in [6.07, 6.45) is -0.325. The molecule has 0 aliphatic rings. The zero-order valence-corrected chi connectivity index (χ0v) is 14.2. The third-order valence-corrected chi connectivity index (χ3v) is 4.06. The first-order chi connectivity index (χ1) is 11.7. The number of halogens is 1. The molecule has 2 rings (SSSR count). The molecule has 128 valence electrons. The molecule has 0 bridgehead atoms. The molecular formula is C18H21ClN2O3. The van der Waals surface area contributed by atoms with Gasteiger partial charge in [-0.25, -0.2) is 4.79 Å². The number of ether oxygens (including phenoxy) is 1. The topological polar surface area (TPSA) is 70.6 Å². The zero-order valence-electron chi connectivity index (χ0n) is 13.5. The average Bonchev–Trinajstić information content (AvgIpc) is 2.62. The van der Waals surface area contributed by atoms with Crippen molar-refractivity contribution in [3.05, 3.63) is 70.2 Å². The van der Waals surface area contributed by atoms with Crippen molar-refractivity contribution < 1.29 is 14.6 Å². The van der Waals surface area contributed by atoms with Gasteiger partial charge in [-0.15, -0.1) is 0 Å². The lowest BCUT2D eigenvalue weighted by molar-refractivity contribution is 0.104. The summed E-state index contributed by atoms with van der Waals surface area (Å²) in [6.45, 7) is 0.581. The van der Waals surface area contributed by atoms with Gasteiger partial charge in [0.05, 0.1) is 6.61 Å². The van der Waals surface area contributed by atoms with Gasteiger partial charge in [-0.2, -0.15) is 0 Å². The third kappa shape index (κ3) is 4.96. The van der Waals surface area contributed by atoms with Gasteiger partial charge >= 0.3 is 6.03 Å². The van der Waals surface area contributed by atoms with E-state index < -0.39 is 0 Å². The van der Waals surface area contributed by atoms with Crippen LogP contribution in [0.15, 0.2) is 48.5 Å². The van der Waals surface area contributed by atoms with E-state index in [2.05, 4.69) is 10.6 Å². The number of benzene rings is 2. The number of urea groups is 1. The Balaban J connectivity index is 1.87. The lowest BCUT2D eigenvalue weighted by Gasteiger charge is -2.18. The number of rotatable bonds is 7. The molecule has 0 saturated carbocycles. The van der Waals surface area contributed by atoms with E-state index in [4.69, 9.17) is 16.3 Å². The molecule has 2 aromatic carbocycles. The van der Waals surface area contributed by atoms with E-state index in [-0.39, 0.29) is 18.7 Å². The van der Waals surface area contributed by atoms with E-state index in [9.17, 15) is 9.90 Å². The van der Waals surface area contributed by atoms with Crippen LogP contribution in [0.2, 0.25) is 5.02 Å². The fourth-order valence-electron chi connectivity index (χ4n) is 2.36. The van der Waals surface area contributed by atoms with Crippen LogP contribution in [0.25, 0.3) is 0 Å². The van der Waals surface area contributed by atoms with Crippen molar-refractivity contribution in [2.24, 2.45) is 0 Å². The molecule has 5 nitrogen and oxygen atoms in total. The first-order valence-corrected chi connectivity index (χ1v) is 8.00. The number of nitrogens with one attached hydrogen (secondary N) is 2. The fourth-order valence-corrected chi connectivity index (χ4v) is 2.62. The van der Waals surface area contributed by atoms with Crippen molar-refractivity contribution in [1.82, 2.24) is 10.6 Å². The Labute approximate surface area is 146 Å². The van der Waals surface area contributed by atoms with E-state index in [1.807, 2.05) is 42.5 Å². The Morgan fingerprint density at radius 2 is 1.79 bits per heavy atom. The quantitative estimate of drug-likeness (QED) is 0.720. The summed E-state index contributed by atoms with van der Waals surface area (Å²) in [5, 5.41) is 15.4. The molecule has 0 radical (unpaired) electrons. The Bertz CT molecular complexity index is 679. The van der Waals surface area contributed by atoms with Gasteiger partial charge in [0.25, 0.3) is 0 Å². The summed E-state index contributed by atoms with van der Waals surface area (Å²) < 4.78 is 5.41. The zero-order chi connectivity index (χ0) is 17.4. The number of hydrogen-bond acceptors (Lipinski definition) is 3. The lowest BCUT2D eigenvalue weighted by atomic mass is 10.1. The van der Waals surface area contributed by atoms with E-state index in [0.29, 0.717) is 18.1 Å². The summed E-state index contributed by atoms with van der Waals surface area (Å²) >= 11 is 6.16. The minimum Gasteiger partial charge on any atom is -0.392 e. The molecule has 0 aliphatic carbocycles. The summed E-state index contributed by atoms with van der Waals surface area (Å²) in [5.74, 6) is 0. The van der Waals surface area contributed by atoms with E-state index >= 15 is 0 Å². The predicted molar refractivity (Wildman–Crippen MR) is 93.8 cm³/mol. The minimum atomic E-state index is -0.325. The monoisotopic (exact) mass is 348 g/mol. The predicted octanol–water partition coefficient (Wildman–Crippen LogP) is 3.02. The van der Waals surface area contributed by atoms with Crippen LogP contribution in [-0.4, -0.2) is 24.8 Å². The Kier molecular flexibility index (Phi) is 7.06. The molecule has 0 aromatic heterocycles. The second-order valence-electron chi connectivity index (χ2n) is 5.24. The molecular weight excluding hydrogens is 328 g/mol. The van der Waals surface area contributed by atoms with Gasteiger partial charge < -0.3 is 20.5 Å². The molecule has 0 saturated heterocycles. The van der Waals surface area contributed by atoms with Gasteiger partial charge in [-0.1, -0.05) is 54.1 Å². The summed E-state index contributed by atoms with van der Waals surface area (Å²) in [7, 11) is 1.57. The Morgan fingerprint density at radius 3 is 2.46 bits per heavy atom. The highest BCUT2D eigenvalue weighted by Crippen LogP contribution is 2.24. The van der Waals surface area contributed by atoms with Gasteiger partial charge in [0.2, 0.25) is 0 Å². The minimum absolute atomic E-state index is 0.0578. The number of hydrogen-bond donors (Lipinski definition) is 3. The molecule has 1 unspecified atom stereocenters. The van der Waals surface area contributed by atoms with Crippen LogP contribution in [0.3, 0.4) is 0 Å². The molecule has 6 heteroatoms. The van der Waals surface area contributed by atoms with Gasteiger partial charge in [0.15, 0.2) is 0 Å². The first-order valence-electron chi connectivity index (χ1n) is 7.62. The molecule has 3 N–H and O–H groups in total. The first kappa shape index (κ1) is 18.3. The van der Waals surface area contributed by atoms with Crippen molar-refractivity contribution in [1.29, 1.82) is 0 Å². The van der Waals surface area contributed by atoms with Crippen LogP contribution in [0.5, 0.6) is 0 Å². The average molecular weight is 349 g/mol. The lowest BCUT2D eigenvalue weighted by Crippen LogP contribution is -2.38. The van der Waals surface area contributed by atoms with E-state index in [1.54, 1.807) is 13.2 Å². The number of aliphatic hydroxyl groups excluding tert-OH is 1. The van der Waals surface area contributed by atoms with Crippen molar-refractivity contribution in [2.45, 2.75) is 19.3 Å². The van der Waals surface area contributed by atoms with Gasteiger partial charge in [0, 0.05) is 30.8 Å². The number of aliphatic hydroxyl groups is 1. The maximum Gasteiger partial charge on any atom is 0.315 e. The molecule has 0 heterocycles. The molecule has 2 aromatic rings. The van der Waals surface area contributed by atoms with Gasteiger partial charge in [-0.3, -0.25) is 0 Å². The van der Waals surface area contributed by atoms with Crippen LogP contribution in [0.4, 0.5) is 4.79 Å². The maximum absolute atomic E-state index is 12.0. The van der Waals surface area contributed by atoms with Crippen LogP contribution in [0.1, 0.15) is 22.8 Å². The maximum atomic E-state index is 12.0. The molecule has 0 fully saturated rings. The second kappa shape index (κ2) is 9.27. The normalized spacial score (nSPS) is 11.8. The van der Waals surface area contributed by atoms with Gasteiger partial charge in [-0.05, 0) is 17.2 Å². The van der Waals surface area contributed by atoms with Crippen LogP contribution in [-0.2, 0) is 17.9 Å². The highest BCUT2D eigenvalue weighted by molar-refractivity contribution is 6.31. The molecule has 1 atom stereocenters. The molecule has 24 heavy (non-hydrogen) atoms. The number of carbonyl (C=O) groups is 1. The van der Waals surface area contributed by atoms with Crippen LogP contribution in [0, 0.1) is 0 Å². The van der Waals surface area contributed by atoms with E-state index in [0.717, 1.165) is 16.7 Å². The highest BCUT2D eigenvalue weighted by atomic mass is 35.5. The molecule has 0 aliphatic heterocycles. The van der Waals surface area contributed by atoms with Gasteiger partial charge in [0.1, 0.15) is 6.10 Å². The van der Waals surface area contributed by atoms with Crippen LogP contribution >= 0.6 is 11.6 Å². The van der Waals surface area contributed by atoms with E-state index in [1.165, 1.54) is 0 Å². The standard InChI is InChI=1S/C18H21ClN2O3/c1-24-17(15-8-4-5-9-16(15)19)11-21-18(23)20-10-13-6-2-3-7-14(13)12-22/h2-9,17,22H,10-12H2,1H3,(H2,20,21,23). The third-order valence-electron chi connectivity index (χ3n) is 3.71. The van der Waals surface area contributed by atoms with Crippen LogP contribution < -0.4 is 10.6 Å². The summed E-state index contributed by atoms with van der Waals surface area (Å²) in [6, 6.07) is 14.5. The number of methoxy groups -OCH3 is 1. The SMILES string of the molecule is COC(CNC(=O)NCc1ccccc1CO)c1ccccc1Cl. The highest BCUT2D eigenvalue weighted by Gasteiger charge is 2.14. The largest absolute Gasteiger partial charge is 0.392 e. The molecule has 2 amide bonds. The van der Waals surface area contributed by atoms with Crippen molar-refractivity contribution >= 4 is 17.6 Å². The summed E-state index contributed by atoms with van der Waals surface area (Å²) in [5.41, 5.74) is 2.50. The number of carbonyl (C=O) groups excluding carboxylic acids is 1. The Hall–Kier alpha value is -2.08.